The summed E-state index contributed by atoms with van der Waals surface area (Å²) in [6.07, 6.45) is 3.66. The Balaban J connectivity index is 2.06. The average Bonchev–Trinajstić information content (AvgIpc) is 2.26. The average molecular weight is 265 g/mol. The van der Waals surface area contributed by atoms with Gasteiger partial charge in [0, 0.05) is 12.1 Å². The van der Waals surface area contributed by atoms with E-state index in [4.69, 9.17) is 16.9 Å². The third-order valence-electron chi connectivity index (χ3n) is 3.75. The van der Waals surface area contributed by atoms with E-state index < -0.39 is 0 Å². The minimum Gasteiger partial charge on any atom is -0.368 e. The second-order valence-electron chi connectivity index (χ2n) is 5.00. The van der Waals surface area contributed by atoms with E-state index in [0.29, 0.717) is 16.5 Å². The van der Waals surface area contributed by atoms with Gasteiger partial charge >= 0.3 is 0 Å². The molecule has 1 fully saturated rings. The summed E-state index contributed by atoms with van der Waals surface area (Å²) in [6, 6.07) is 5.38. The highest BCUT2D eigenvalue weighted by molar-refractivity contribution is 6.29. The number of rotatable bonds is 4. The van der Waals surface area contributed by atoms with Crippen molar-refractivity contribution < 1.29 is 0 Å². The van der Waals surface area contributed by atoms with Gasteiger partial charge in [0.25, 0.3) is 0 Å². The molecule has 2 rings (SSSR count). The highest BCUT2D eigenvalue weighted by Gasteiger charge is 2.38. The summed E-state index contributed by atoms with van der Waals surface area (Å²) in [4.78, 5) is 6.45. The third kappa shape index (κ3) is 2.58. The molecule has 0 unspecified atom stereocenters. The highest BCUT2D eigenvalue weighted by Crippen LogP contribution is 2.36. The summed E-state index contributed by atoms with van der Waals surface area (Å²) < 4.78 is 0. The standard InChI is InChI=1S/C13H17ClN4/c1-18(2)13(4-3-5-13)9-16-12-7-10(8-15)6-11(14)17-12/h6-7H,3-5,9H2,1-2H3,(H,16,17). The molecule has 1 aromatic rings. The highest BCUT2D eigenvalue weighted by atomic mass is 35.5. The number of nitrogens with zero attached hydrogens (tertiary/aromatic N) is 3. The first kappa shape index (κ1) is 13.1. The maximum Gasteiger partial charge on any atom is 0.132 e. The van der Waals surface area contributed by atoms with E-state index in [1.54, 1.807) is 12.1 Å². The van der Waals surface area contributed by atoms with Gasteiger partial charge in [-0.15, -0.1) is 0 Å². The lowest BCUT2D eigenvalue weighted by Gasteiger charge is -2.47. The summed E-state index contributed by atoms with van der Waals surface area (Å²) >= 11 is 5.88. The van der Waals surface area contributed by atoms with Crippen molar-refractivity contribution in [2.45, 2.75) is 24.8 Å². The van der Waals surface area contributed by atoms with Crippen LogP contribution >= 0.6 is 11.6 Å². The first-order valence-corrected chi connectivity index (χ1v) is 6.42. The molecule has 4 nitrogen and oxygen atoms in total. The molecule has 5 heteroatoms. The Morgan fingerprint density at radius 2 is 2.22 bits per heavy atom. The van der Waals surface area contributed by atoms with Crippen LogP contribution in [0.4, 0.5) is 5.82 Å². The summed E-state index contributed by atoms with van der Waals surface area (Å²) in [5, 5.41) is 12.5. The predicted octanol–water partition coefficient (Wildman–Crippen LogP) is 2.50. The van der Waals surface area contributed by atoms with Crippen molar-refractivity contribution in [1.82, 2.24) is 9.88 Å². The summed E-state index contributed by atoms with van der Waals surface area (Å²) in [5.74, 6) is 0.673. The Morgan fingerprint density at radius 1 is 1.50 bits per heavy atom. The Bertz CT molecular complexity index is 474. The van der Waals surface area contributed by atoms with Gasteiger partial charge in [-0.1, -0.05) is 11.6 Å². The number of hydrogen-bond acceptors (Lipinski definition) is 4. The first-order chi connectivity index (χ1) is 8.55. The largest absolute Gasteiger partial charge is 0.368 e. The van der Waals surface area contributed by atoms with E-state index in [0.717, 1.165) is 6.54 Å². The number of likely N-dealkylation sites (N-methyl/N-ethyl adjacent to an activating group) is 1. The normalized spacial score (nSPS) is 17.1. The van der Waals surface area contributed by atoms with Crippen molar-refractivity contribution in [3.8, 4) is 6.07 Å². The number of nitriles is 1. The Kier molecular flexibility index (Phi) is 3.74. The molecule has 1 heterocycles. The molecule has 0 aromatic carbocycles. The third-order valence-corrected chi connectivity index (χ3v) is 3.95. The molecular weight excluding hydrogens is 248 g/mol. The zero-order valence-corrected chi connectivity index (χ0v) is 11.5. The van der Waals surface area contributed by atoms with Gasteiger partial charge in [-0.25, -0.2) is 4.98 Å². The van der Waals surface area contributed by atoms with Crippen LogP contribution in [0.2, 0.25) is 5.15 Å². The SMILES string of the molecule is CN(C)C1(CNc2cc(C#N)cc(Cl)n2)CCC1. The molecule has 0 atom stereocenters. The van der Waals surface area contributed by atoms with Crippen molar-refractivity contribution in [1.29, 1.82) is 5.26 Å². The van der Waals surface area contributed by atoms with E-state index >= 15 is 0 Å². The van der Waals surface area contributed by atoms with E-state index in [1.807, 2.05) is 0 Å². The second-order valence-corrected chi connectivity index (χ2v) is 5.39. The van der Waals surface area contributed by atoms with Crippen molar-refractivity contribution in [3.63, 3.8) is 0 Å². The summed E-state index contributed by atoms with van der Waals surface area (Å²) in [7, 11) is 4.21. The molecule has 0 radical (unpaired) electrons. The maximum absolute atomic E-state index is 8.89. The van der Waals surface area contributed by atoms with Crippen LogP contribution in [0.25, 0.3) is 0 Å². The smallest absolute Gasteiger partial charge is 0.132 e. The fraction of sp³-hybridized carbons (Fsp3) is 0.538. The Labute approximate surface area is 113 Å². The van der Waals surface area contributed by atoms with Gasteiger partial charge < -0.3 is 10.2 Å². The zero-order chi connectivity index (χ0) is 13.2. The molecule has 96 valence electrons. The fourth-order valence-corrected chi connectivity index (χ4v) is 2.48. The van der Waals surface area contributed by atoms with Crippen LogP contribution in [0.1, 0.15) is 24.8 Å². The first-order valence-electron chi connectivity index (χ1n) is 6.05. The number of anilines is 1. The minimum absolute atomic E-state index is 0.219. The van der Waals surface area contributed by atoms with Crippen LogP contribution in [-0.4, -0.2) is 36.1 Å². The van der Waals surface area contributed by atoms with Gasteiger partial charge in [-0.2, -0.15) is 5.26 Å². The van der Waals surface area contributed by atoms with Gasteiger partial charge in [0.2, 0.25) is 0 Å². The van der Waals surface area contributed by atoms with Crippen molar-refractivity contribution in [2.24, 2.45) is 0 Å². The van der Waals surface area contributed by atoms with E-state index in [9.17, 15) is 0 Å². The van der Waals surface area contributed by atoms with Crippen LogP contribution in [0, 0.1) is 11.3 Å². The maximum atomic E-state index is 8.89. The van der Waals surface area contributed by atoms with Gasteiger partial charge in [0.05, 0.1) is 11.6 Å². The molecule has 0 aliphatic heterocycles. The fourth-order valence-electron chi connectivity index (χ4n) is 2.27. The quantitative estimate of drug-likeness (QED) is 0.849. The van der Waals surface area contributed by atoms with Crippen LogP contribution in [0.3, 0.4) is 0 Å². The summed E-state index contributed by atoms with van der Waals surface area (Å²) in [6.45, 7) is 0.832. The minimum atomic E-state index is 0.219. The molecule has 0 amide bonds. The molecule has 1 aliphatic carbocycles. The lowest BCUT2D eigenvalue weighted by Crippen LogP contribution is -2.54. The number of nitrogens with one attached hydrogen (secondary N) is 1. The molecule has 1 aliphatic rings. The number of halogens is 1. The number of hydrogen-bond donors (Lipinski definition) is 1. The summed E-state index contributed by atoms with van der Waals surface area (Å²) in [5.41, 5.74) is 0.751. The molecule has 1 saturated carbocycles. The van der Waals surface area contributed by atoms with Gasteiger partial charge in [-0.05, 0) is 45.5 Å². The predicted molar refractivity (Wildman–Crippen MR) is 72.7 cm³/mol. The Morgan fingerprint density at radius 3 is 2.72 bits per heavy atom. The van der Waals surface area contributed by atoms with E-state index in [-0.39, 0.29) is 5.54 Å². The van der Waals surface area contributed by atoms with Crippen LogP contribution in [0.5, 0.6) is 0 Å². The van der Waals surface area contributed by atoms with Gasteiger partial charge in [0.15, 0.2) is 0 Å². The Hall–Kier alpha value is -1.31. The molecule has 0 bridgehead atoms. The van der Waals surface area contributed by atoms with Gasteiger partial charge in [0.1, 0.15) is 11.0 Å². The number of pyridine rings is 1. The molecular formula is C13H17ClN4. The molecule has 1 N–H and O–H groups in total. The second kappa shape index (κ2) is 5.13. The van der Waals surface area contributed by atoms with Crippen molar-refractivity contribution in [3.05, 3.63) is 22.8 Å². The molecule has 1 aromatic heterocycles. The lowest BCUT2D eigenvalue weighted by atomic mass is 9.75. The monoisotopic (exact) mass is 264 g/mol. The molecule has 0 spiro atoms. The number of aromatic nitrogens is 1. The van der Waals surface area contributed by atoms with E-state index in [1.165, 1.54) is 19.3 Å². The van der Waals surface area contributed by atoms with Crippen LogP contribution in [0.15, 0.2) is 12.1 Å². The zero-order valence-electron chi connectivity index (χ0n) is 10.7. The van der Waals surface area contributed by atoms with Crippen LogP contribution < -0.4 is 5.32 Å². The van der Waals surface area contributed by atoms with Gasteiger partial charge in [-0.3, -0.25) is 0 Å². The van der Waals surface area contributed by atoms with Crippen molar-refractivity contribution >= 4 is 17.4 Å². The molecule has 18 heavy (non-hydrogen) atoms. The van der Waals surface area contributed by atoms with Crippen LogP contribution in [-0.2, 0) is 0 Å². The van der Waals surface area contributed by atoms with E-state index in [2.05, 4.69) is 35.4 Å². The topological polar surface area (TPSA) is 52.0 Å². The molecule has 0 saturated heterocycles. The lowest BCUT2D eigenvalue weighted by molar-refractivity contribution is 0.0738. The van der Waals surface area contributed by atoms with Crippen molar-refractivity contribution in [2.75, 3.05) is 26.0 Å².